The molecule has 4 nitrogen and oxygen atoms in total. The molecule has 0 radical (unpaired) electrons. The SMILES string of the molecule is Cl.O=C(CC1CCOCC1)N1CC[C@@H]2CNC[C@@H]2CC1. The second kappa shape index (κ2) is 7.62. The van der Waals surface area contributed by atoms with E-state index in [0.717, 1.165) is 70.5 Å². The Balaban J connectivity index is 0.00000147. The number of rotatable bonds is 2. The van der Waals surface area contributed by atoms with Crippen LogP contribution in [0.5, 0.6) is 0 Å². The van der Waals surface area contributed by atoms with Gasteiger partial charge in [-0.15, -0.1) is 12.4 Å². The minimum absolute atomic E-state index is 0. The van der Waals surface area contributed by atoms with Crippen LogP contribution in [-0.2, 0) is 9.53 Å². The first-order chi connectivity index (χ1) is 9.33. The molecule has 0 spiro atoms. The van der Waals surface area contributed by atoms with Gasteiger partial charge in [-0.2, -0.15) is 0 Å². The van der Waals surface area contributed by atoms with E-state index in [-0.39, 0.29) is 12.4 Å². The van der Waals surface area contributed by atoms with Gasteiger partial charge in [-0.1, -0.05) is 0 Å². The fourth-order valence-electron chi connectivity index (χ4n) is 3.79. The summed E-state index contributed by atoms with van der Waals surface area (Å²) in [6.07, 6.45) is 5.26. The lowest BCUT2D eigenvalue weighted by atomic mass is 9.92. The Bertz CT molecular complexity index is 307. The summed E-state index contributed by atoms with van der Waals surface area (Å²) in [5, 5.41) is 3.48. The molecule has 3 heterocycles. The Kier molecular flexibility index (Phi) is 6.12. The van der Waals surface area contributed by atoms with Crippen LogP contribution < -0.4 is 5.32 Å². The zero-order valence-corrected chi connectivity index (χ0v) is 13.0. The standard InChI is InChI=1S/C15H26N2O2.ClH/c18-15(9-12-3-7-19-8-4-12)17-5-1-13-10-16-11-14(13)2-6-17;/h12-14,16H,1-11H2;1H/t13-,14+;. The van der Waals surface area contributed by atoms with Crippen molar-refractivity contribution in [3.63, 3.8) is 0 Å². The van der Waals surface area contributed by atoms with E-state index in [1.807, 2.05) is 0 Å². The van der Waals surface area contributed by atoms with Crippen molar-refractivity contribution in [2.45, 2.75) is 32.1 Å². The number of carbonyl (C=O) groups is 1. The summed E-state index contributed by atoms with van der Waals surface area (Å²) in [6, 6.07) is 0. The quantitative estimate of drug-likeness (QED) is 0.844. The van der Waals surface area contributed by atoms with E-state index in [9.17, 15) is 4.79 Å². The normalized spacial score (nSPS) is 31.3. The molecule has 20 heavy (non-hydrogen) atoms. The molecule has 5 heteroatoms. The minimum atomic E-state index is 0. The molecular weight excluding hydrogens is 276 g/mol. The monoisotopic (exact) mass is 302 g/mol. The van der Waals surface area contributed by atoms with Gasteiger partial charge in [0.15, 0.2) is 0 Å². The molecule has 3 aliphatic heterocycles. The predicted molar refractivity (Wildman–Crippen MR) is 81.1 cm³/mol. The number of amides is 1. The average molecular weight is 303 g/mol. The van der Waals surface area contributed by atoms with Crippen LogP contribution in [-0.4, -0.2) is 50.2 Å². The molecule has 0 unspecified atom stereocenters. The van der Waals surface area contributed by atoms with Crippen LogP contribution in [0.3, 0.4) is 0 Å². The summed E-state index contributed by atoms with van der Waals surface area (Å²) >= 11 is 0. The number of halogens is 1. The summed E-state index contributed by atoms with van der Waals surface area (Å²) in [5.74, 6) is 2.56. The summed E-state index contributed by atoms with van der Waals surface area (Å²) < 4.78 is 5.37. The number of nitrogens with zero attached hydrogens (tertiary/aromatic N) is 1. The van der Waals surface area contributed by atoms with Crippen LogP contribution in [0.15, 0.2) is 0 Å². The summed E-state index contributed by atoms with van der Waals surface area (Å²) in [7, 11) is 0. The van der Waals surface area contributed by atoms with Gasteiger partial charge in [0, 0.05) is 32.7 Å². The largest absolute Gasteiger partial charge is 0.381 e. The molecule has 0 bridgehead atoms. The maximum Gasteiger partial charge on any atom is 0.222 e. The zero-order valence-electron chi connectivity index (χ0n) is 12.2. The van der Waals surface area contributed by atoms with E-state index in [2.05, 4.69) is 10.2 Å². The number of carbonyl (C=O) groups excluding carboxylic acids is 1. The number of fused-ring (bicyclic) bond motifs is 1. The third-order valence-electron chi connectivity index (χ3n) is 5.18. The highest BCUT2D eigenvalue weighted by Gasteiger charge is 2.31. The number of nitrogens with one attached hydrogen (secondary N) is 1. The van der Waals surface area contributed by atoms with Crippen LogP contribution in [0, 0.1) is 17.8 Å². The minimum Gasteiger partial charge on any atom is -0.381 e. The van der Waals surface area contributed by atoms with Gasteiger partial charge in [0.2, 0.25) is 5.91 Å². The van der Waals surface area contributed by atoms with Crippen LogP contribution in [0.2, 0.25) is 0 Å². The van der Waals surface area contributed by atoms with E-state index in [1.54, 1.807) is 0 Å². The van der Waals surface area contributed by atoms with E-state index < -0.39 is 0 Å². The highest BCUT2D eigenvalue weighted by molar-refractivity contribution is 5.85. The second-order valence-electron chi connectivity index (χ2n) is 6.40. The first kappa shape index (κ1) is 16.1. The van der Waals surface area contributed by atoms with E-state index >= 15 is 0 Å². The van der Waals surface area contributed by atoms with Crippen molar-refractivity contribution >= 4 is 18.3 Å². The molecule has 2 atom stereocenters. The lowest BCUT2D eigenvalue weighted by Gasteiger charge is -2.26. The van der Waals surface area contributed by atoms with Crippen molar-refractivity contribution < 1.29 is 9.53 Å². The van der Waals surface area contributed by atoms with Gasteiger partial charge in [0.25, 0.3) is 0 Å². The van der Waals surface area contributed by atoms with Crippen molar-refractivity contribution in [3.8, 4) is 0 Å². The molecule has 3 aliphatic rings. The molecule has 3 saturated heterocycles. The van der Waals surface area contributed by atoms with E-state index in [0.29, 0.717) is 11.8 Å². The molecule has 0 aromatic heterocycles. The van der Waals surface area contributed by atoms with Crippen LogP contribution in [0.25, 0.3) is 0 Å². The highest BCUT2D eigenvalue weighted by atomic mass is 35.5. The van der Waals surface area contributed by atoms with Crippen molar-refractivity contribution in [3.05, 3.63) is 0 Å². The van der Waals surface area contributed by atoms with Crippen LogP contribution >= 0.6 is 12.4 Å². The first-order valence-corrected chi connectivity index (χ1v) is 7.89. The average Bonchev–Trinajstić information content (AvgIpc) is 2.78. The molecule has 0 aliphatic carbocycles. The van der Waals surface area contributed by atoms with Gasteiger partial charge >= 0.3 is 0 Å². The summed E-state index contributed by atoms with van der Waals surface area (Å²) in [6.45, 7) is 5.96. The number of hydrogen-bond acceptors (Lipinski definition) is 3. The van der Waals surface area contributed by atoms with E-state index in [1.165, 1.54) is 12.8 Å². The Morgan fingerprint density at radius 2 is 1.65 bits per heavy atom. The van der Waals surface area contributed by atoms with Crippen molar-refractivity contribution in [1.82, 2.24) is 10.2 Å². The third kappa shape index (κ3) is 3.86. The van der Waals surface area contributed by atoms with Gasteiger partial charge in [0.1, 0.15) is 0 Å². The number of ether oxygens (including phenoxy) is 1. The molecule has 3 fully saturated rings. The second-order valence-corrected chi connectivity index (χ2v) is 6.40. The Labute approximate surface area is 128 Å². The molecule has 3 rings (SSSR count). The van der Waals surface area contributed by atoms with Crippen LogP contribution in [0.4, 0.5) is 0 Å². The predicted octanol–water partition coefficient (Wildman–Crippen LogP) is 1.68. The van der Waals surface area contributed by atoms with Crippen molar-refractivity contribution in [2.75, 3.05) is 39.4 Å². The maximum atomic E-state index is 12.4. The molecule has 1 N–H and O–H groups in total. The van der Waals surface area contributed by atoms with Crippen LogP contribution in [0.1, 0.15) is 32.1 Å². The highest BCUT2D eigenvalue weighted by Crippen LogP contribution is 2.28. The summed E-state index contributed by atoms with van der Waals surface area (Å²) in [5.41, 5.74) is 0. The fraction of sp³-hybridized carbons (Fsp3) is 0.933. The Morgan fingerprint density at radius 1 is 1.05 bits per heavy atom. The molecule has 0 saturated carbocycles. The Morgan fingerprint density at radius 3 is 2.25 bits per heavy atom. The lowest BCUT2D eigenvalue weighted by molar-refractivity contribution is -0.132. The Hall–Kier alpha value is -0.320. The number of likely N-dealkylation sites (tertiary alicyclic amines) is 1. The van der Waals surface area contributed by atoms with Gasteiger partial charge < -0.3 is 15.0 Å². The fourth-order valence-corrected chi connectivity index (χ4v) is 3.79. The third-order valence-corrected chi connectivity index (χ3v) is 5.18. The smallest absolute Gasteiger partial charge is 0.222 e. The molecular formula is C15H27ClN2O2. The lowest BCUT2D eigenvalue weighted by Crippen LogP contribution is -2.34. The first-order valence-electron chi connectivity index (χ1n) is 7.89. The van der Waals surface area contributed by atoms with E-state index in [4.69, 9.17) is 4.74 Å². The molecule has 1 amide bonds. The summed E-state index contributed by atoms with van der Waals surface area (Å²) in [4.78, 5) is 14.5. The van der Waals surface area contributed by atoms with Gasteiger partial charge in [-0.3, -0.25) is 4.79 Å². The van der Waals surface area contributed by atoms with Gasteiger partial charge in [-0.05, 0) is 56.5 Å². The van der Waals surface area contributed by atoms with Crippen molar-refractivity contribution in [1.29, 1.82) is 0 Å². The van der Waals surface area contributed by atoms with Gasteiger partial charge in [0.05, 0.1) is 0 Å². The topological polar surface area (TPSA) is 41.6 Å². The molecule has 116 valence electrons. The number of hydrogen-bond donors (Lipinski definition) is 1. The zero-order chi connectivity index (χ0) is 13.1. The molecule has 0 aromatic carbocycles. The molecule has 0 aromatic rings. The van der Waals surface area contributed by atoms with Gasteiger partial charge in [-0.25, -0.2) is 0 Å². The van der Waals surface area contributed by atoms with Crippen molar-refractivity contribution in [2.24, 2.45) is 17.8 Å². The maximum absolute atomic E-state index is 12.4.